The minimum absolute atomic E-state index is 0.304. The van der Waals surface area contributed by atoms with Gasteiger partial charge in [0.2, 0.25) is 0 Å². The fraction of sp³-hybridized carbons (Fsp3) is 0.467. The maximum atomic E-state index is 11.9. The van der Waals surface area contributed by atoms with Crippen molar-refractivity contribution in [1.29, 1.82) is 0 Å². The van der Waals surface area contributed by atoms with Gasteiger partial charge < -0.3 is 15.2 Å². The van der Waals surface area contributed by atoms with Crippen LogP contribution in [0.1, 0.15) is 37.8 Å². The summed E-state index contributed by atoms with van der Waals surface area (Å²) in [6.07, 6.45) is 0.841. The highest BCUT2D eigenvalue weighted by atomic mass is 32.1. The predicted molar refractivity (Wildman–Crippen MR) is 83.0 cm³/mol. The van der Waals surface area contributed by atoms with Crippen LogP contribution in [-0.4, -0.2) is 23.7 Å². The molecule has 0 aliphatic heterocycles. The van der Waals surface area contributed by atoms with Gasteiger partial charge in [-0.05, 0) is 31.9 Å². The average Bonchev–Trinajstić information content (AvgIpc) is 2.40. The first-order valence-electron chi connectivity index (χ1n) is 6.73. The number of benzene rings is 1. The van der Waals surface area contributed by atoms with Crippen LogP contribution in [0.25, 0.3) is 0 Å². The zero-order chi connectivity index (χ0) is 15.1. The minimum atomic E-state index is -0.597. The van der Waals surface area contributed by atoms with E-state index in [-0.39, 0.29) is 5.97 Å². The molecule has 1 unspecified atom stereocenters. The number of hydrogen-bond donors (Lipinski definition) is 1. The van der Waals surface area contributed by atoms with Crippen LogP contribution in [0.4, 0.5) is 0 Å². The zero-order valence-electron chi connectivity index (χ0n) is 12.1. The minimum Gasteiger partial charge on any atom is -0.478 e. The van der Waals surface area contributed by atoms with Gasteiger partial charge in [0.05, 0.1) is 6.61 Å². The van der Waals surface area contributed by atoms with E-state index in [4.69, 9.17) is 27.4 Å². The molecule has 0 radical (unpaired) electrons. The van der Waals surface area contributed by atoms with Crippen molar-refractivity contribution in [1.82, 2.24) is 0 Å². The fourth-order valence-electron chi connectivity index (χ4n) is 1.76. The lowest BCUT2D eigenvalue weighted by Gasteiger charge is -2.19. The van der Waals surface area contributed by atoms with Crippen LogP contribution >= 0.6 is 12.2 Å². The van der Waals surface area contributed by atoms with Crippen LogP contribution < -0.4 is 10.5 Å². The van der Waals surface area contributed by atoms with Gasteiger partial charge >= 0.3 is 5.97 Å². The Kier molecular flexibility index (Phi) is 6.45. The second-order valence-corrected chi connectivity index (χ2v) is 4.93. The summed E-state index contributed by atoms with van der Waals surface area (Å²) in [6, 6.07) is 5.47. The highest BCUT2D eigenvalue weighted by molar-refractivity contribution is 7.80. The number of esters is 1. The van der Waals surface area contributed by atoms with Crippen molar-refractivity contribution in [3.63, 3.8) is 0 Å². The van der Waals surface area contributed by atoms with Gasteiger partial charge in [-0.2, -0.15) is 0 Å². The molecule has 0 aromatic heterocycles. The number of carbonyl (C=O) groups is 1. The summed E-state index contributed by atoms with van der Waals surface area (Å²) in [6.45, 7) is 6.02. The van der Waals surface area contributed by atoms with Crippen molar-refractivity contribution >= 4 is 23.2 Å². The molecule has 0 amide bonds. The maximum Gasteiger partial charge on any atom is 0.347 e. The molecule has 0 fully saturated rings. The molecule has 0 saturated heterocycles. The van der Waals surface area contributed by atoms with Gasteiger partial charge in [0.1, 0.15) is 10.7 Å². The second kappa shape index (κ2) is 7.85. The Balaban J connectivity index is 2.95. The Morgan fingerprint density at radius 3 is 2.65 bits per heavy atom. The third-order valence-corrected chi connectivity index (χ3v) is 3.08. The molecule has 0 heterocycles. The normalized spacial score (nSPS) is 11.8. The van der Waals surface area contributed by atoms with Gasteiger partial charge in [0.15, 0.2) is 6.10 Å². The molecule has 0 bridgehead atoms. The van der Waals surface area contributed by atoms with Crippen molar-refractivity contribution in [3.8, 4) is 5.75 Å². The zero-order valence-corrected chi connectivity index (χ0v) is 13.0. The average molecular weight is 295 g/mol. The van der Waals surface area contributed by atoms with Crippen LogP contribution in [-0.2, 0) is 9.53 Å². The maximum absolute atomic E-state index is 11.9. The number of aryl methyl sites for hydroxylation is 1. The molecular formula is C15H21NO3S. The smallest absolute Gasteiger partial charge is 0.347 e. The summed E-state index contributed by atoms with van der Waals surface area (Å²) >= 11 is 4.95. The lowest BCUT2D eigenvalue weighted by atomic mass is 10.1. The molecule has 1 aromatic carbocycles. The van der Waals surface area contributed by atoms with Crippen LogP contribution in [0.15, 0.2) is 18.2 Å². The van der Waals surface area contributed by atoms with E-state index in [1.807, 2.05) is 26.0 Å². The molecule has 0 aliphatic rings. The summed E-state index contributed by atoms with van der Waals surface area (Å²) in [7, 11) is 0. The van der Waals surface area contributed by atoms with Gasteiger partial charge in [0, 0.05) is 5.56 Å². The predicted octanol–water partition coefficient (Wildman–Crippen LogP) is 2.74. The van der Waals surface area contributed by atoms with E-state index in [0.29, 0.717) is 23.8 Å². The number of rotatable bonds is 7. The largest absolute Gasteiger partial charge is 0.478 e. The highest BCUT2D eigenvalue weighted by Gasteiger charge is 2.21. The third-order valence-electron chi connectivity index (χ3n) is 2.84. The Bertz CT molecular complexity index is 488. The summed E-state index contributed by atoms with van der Waals surface area (Å²) in [5.41, 5.74) is 7.26. The number of thiocarbonyl (C=S) groups is 1. The number of hydrogen-bond acceptors (Lipinski definition) is 4. The Morgan fingerprint density at radius 2 is 2.10 bits per heavy atom. The summed E-state index contributed by atoms with van der Waals surface area (Å²) in [4.78, 5) is 12.2. The second-order valence-electron chi connectivity index (χ2n) is 4.49. The summed E-state index contributed by atoms with van der Waals surface area (Å²) < 4.78 is 10.8. The molecule has 1 aromatic rings. The van der Waals surface area contributed by atoms with Crippen LogP contribution in [0.3, 0.4) is 0 Å². The molecule has 110 valence electrons. The van der Waals surface area contributed by atoms with Gasteiger partial charge in [0.25, 0.3) is 0 Å². The van der Waals surface area contributed by atoms with Crippen molar-refractivity contribution in [2.45, 2.75) is 39.7 Å². The monoisotopic (exact) mass is 295 g/mol. The Morgan fingerprint density at radius 1 is 1.40 bits per heavy atom. The van der Waals surface area contributed by atoms with Crippen molar-refractivity contribution < 1.29 is 14.3 Å². The highest BCUT2D eigenvalue weighted by Crippen LogP contribution is 2.22. The van der Waals surface area contributed by atoms with E-state index < -0.39 is 6.10 Å². The van der Waals surface area contributed by atoms with Crippen LogP contribution in [0.2, 0.25) is 0 Å². The van der Waals surface area contributed by atoms with E-state index in [9.17, 15) is 4.79 Å². The first-order valence-corrected chi connectivity index (χ1v) is 7.14. The molecule has 2 N–H and O–H groups in total. The molecule has 1 atom stereocenters. The third kappa shape index (κ3) is 4.49. The topological polar surface area (TPSA) is 61.5 Å². The number of carbonyl (C=O) groups excluding carboxylic acids is 1. The molecule has 4 nitrogen and oxygen atoms in total. The standard InChI is InChI=1S/C15H21NO3S/c1-4-6-12(15(17)18-5-2)19-13-9-11(14(16)20)8-7-10(13)3/h7-9,12H,4-6H2,1-3H3,(H2,16,20). The lowest BCUT2D eigenvalue weighted by molar-refractivity contribution is -0.151. The lowest BCUT2D eigenvalue weighted by Crippen LogP contribution is -2.29. The number of ether oxygens (including phenoxy) is 2. The number of nitrogens with two attached hydrogens (primary N) is 1. The first-order chi connectivity index (χ1) is 9.49. The van der Waals surface area contributed by atoms with E-state index in [0.717, 1.165) is 17.5 Å². The SMILES string of the molecule is CCCC(Oc1cc(C(N)=S)ccc1C)C(=O)OCC. The van der Waals surface area contributed by atoms with Gasteiger partial charge in [-0.15, -0.1) is 0 Å². The van der Waals surface area contributed by atoms with Gasteiger partial charge in [-0.25, -0.2) is 4.79 Å². The van der Waals surface area contributed by atoms with E-state index in [1.165, 1.54) is 0 Å². The Hall–Kier alpha value is -1.62. The van der Waals surface area contributed by atoms with Gasteiger partial charge in [-0.1, -0.05) is 37.7 Å². The summed E-state index contributed by atoms with van der Waals surface area (Å²) in [5, 5.41) is 0. The van der Waals surface area contributed by atoms with E-state index in [1.54, 1.807) is 13.0 Å². The Labute approximate surface area is 125 Å². The fourth-order valence-corrected chi connectivity index (χ4v) is 1.88. The van der Waals surface area contributed by atoms with E-state index in [2.05, 4.69) is 0 Å². The molecule has 1 rings (SSSR count). The molecule has 5 heteroatoms. The first kappa shape index (κ1) is 16.4. The quantitative estimate of drug-likeness (QED) is 0.619. The van der Waals surface area contributed by atoms with Crippen molar-refractivity contribution in [2.24, 2.45) is 5.73 Å². The van der Waals surface area contributed by atoms with Crippen LogP contribution in [0.5, 0.6) is 5.75 Å². The summed E-state index contributed by atoms with van der Waals surface area (Å²) in [5.74, 6) is 0.274. The molecule has 20 heavy (non-hydrogen) atoms. The molecular weight excluding hydrogens is 274 g/mol. The van der Waals surface area contributed by atoms with Crippen molar-refractivity contribution in [3.05, 3.63) is 29.3 Å². The van der Waals surface area contributed by atoms with Gasteiger partial charge in [-0.3, -0.25) is 0 Å². The molecule has 0 aliphatic carbocycles. The van der Waals surface area contributed by atoms with Crippen LogP contribution in [0, 0.1) is 6.92 Å². The van der Waals surface area contributed by atoms with E-state index >= 15 is 0 Å². The van der Waals surface area contributed by atoms with Crippen molar-refractivity contribution in [2.75, 3.05) is 6.61 Å². The molecule has 0 saturated carbocycles. The molecule has 0 spiro atoms.